The molecule has 0 radical (unpaired) electrons. The van der Waals surface area contributed by atoms with Gasteiger partial charge >= 0.3 is 0 Å². The van der Waals surface area contributed by atoms with Gasteiger partial charge in [-0.25, -0.2) is 9.37 Å². The number of amides is 1. The second-order valence-electron chi connectivity index (χ2n) is 9.50. The smallest absolute Gasteiger partial charge is 0.259 e. The molecule has 1 fully saturated rings. The standard InChI is InChI=1S/C30H30FN3O2/c1-2-17-33(24-14-10-13-23(31)20-24)30(35)28-25-15-6-7-16-27(25)32-29(22-11-4-3-5-12-22)26(28)21-34(36)18-8-9-19-34/h3-7,10-16,20H,2,8-9,17-19,21H2,1H3. The summed E-state index contributed by atoms with van der Waals surface area (Å²) in [5.74, 6) is -0.633. The normalized spacial score (nSPS) is 14.8. The second kappa shape index (κ2) is 10.2. The van der Waals surface area contributed by atoms with Gasteiger partial charge in [0.2, 0.25) is 0 Å². The third kappa shape index (κ3) is 4.74. The van der Waals surface area contributed by atoms with Gasteiger partial charge in [0.1, 0.15) is 12.4 Å². The molecule has 1 aromatic heterocycles. The number of carbonyl (C=O) groups excluding carboxylic acids is 1. The lowest BCUT2D eigenvalue weighted by atomic mass is 9.94. The molecule has 36 heavy (non-hydrogen) atoms. The maximum atomic E-state index is 14.4. The van der Waals surface area contributed by atoms with Crippen molar-refractivity contribution in [3.8, 4) is 11.3 Å². The van der Waals surface area contributed by atoms with Gasteiger partial charge in [-0.05, 0) is 30.7 Å². The van der Waals surface area contributed by atoms with Crippen molar-refractivity contribution in [2.75, 3.05) is 24.5 Å². The minimum atomic E-state index is -0.396. The molecule has 1 saturated heterocycles. The van der Waals surface area contributed by atoms with Crippen LogP contribution < -0.4 is 4.90 Å². The van der Waals surface area contributed by atoms with E-state index in [0.29, 0.717) is 59.5 Å². The molecule has 0 unspecified atom stereocenters. The average Bonchev–Trinajstić information content (AvgIpc) is 3.33. The summed E-state index contributed by atoms with van der Waals surface area (Å²) in [6.07, 6.45) is 2.45. The Kier molecular flexibility index (Phi) is 6.81. The van der Waals surface area contributed by atoms with E-state index in [4.69, 9.17) is 4.98 Å². The van der Waals surface area contributed by atoms with Crippen molar-refractivity contribution in [2.45, 2.75) is 32.7 Å². The van der Waals surface area contributed by atoms with E-state index in [-0.39, 0.29) is 17.1 Å². The highest BCUT2D eigenvalue weighted by Crippen LogP contribution is 2.35. The summed E-state index contributed by atoms with van der Waals surface area (Å²) >= 11 is 0. The van der Waals surface area contributed by atoms with Crippen molar-refractivity contribution < 1.29 is 13.8 Å². The Morgan fingerprint density at radius 1 is 1.00 bits per heavy atom. The topological polar surface area (TPSA) is 56.3 Å². The third-order valence-corrected chi connectivity index (χ3v) is 6.89. The number of anilines is 1. The minimum absolute atomic E-state index is 0.173. The van der Waals surface area contributed by atoms with Gasteiger partial charge in [0.25, 0.3) is 5.91 Å². The summed E-state index contributed by atoms with van der Waals surface area (Å²) < 4.78 is 13.8. The third-order valence-electron chi connectivity index (χ3n) is 6.89. The Morgan fingerprint density at radius 2 is 1.72 bits per heavy atom. The number of carbonyl (C=O) groups is 1. The number of likely N-dealkylation sites (tertiary alicyclic amines) is 1. The van der Waals surface area contributed by atoms with Crippen molar-refractivity contribution in [1.29, 1.82) is 0 Å². The van der Waals surface area contributed by atoms with Gasteiger partial charge in [-0.15, -0.1) is 0 Å². The van der Waals surface area contributed by atoms with Crippen molar-refractivity contribution in [1.82, 2.24) is 4.98 Å². The molecule has 6 heteroatoms. The number of nitrogens with zero attached hydrogens (tertiary/aromatic N) is 3. The van der Waals surface area contributed by atoms with Crippen LogP contribution in [0.1, 0.15) is 42.1 Å². The summed E-state index contributed by atoms with van der Waals surface area (Å²) in [5.41, 5.74) is 3.87. The fraction of sp³-hybridized carbons (Fsp3) is 0.267. The molecule has 4 aromatic rings. The van der Waals surface area contributed by atoms with Crippen LogP contribution in [0.3, 0.4) is 0 Å². The molecule has 184 valence electrons. The van der Waals surface area contributed by atoms with Gasteiger partial charge in [-0.1, -0.05) is 61.5 Å². The van der Waals surface area contributed by atoms with Crippen molar-refractivity contribution in [3.05, 3.63) is 101 Å². The number of hydroxylamine groups is 3. The van der Waals surface area contributed by atoms with Crippen LogP contribution in [0.5, 0.6) is 0 Å². The summed E-state index contributed by atoms with van der Waals surface area (Å²) in [4.78, 5) is 21.0. The van der Waals surface area contributed by atoms with E-state index in [0.717, 1.165) is 18.4 Å². The molecule has 1 amide bonds. The zero-order valence-corrected chi connectivity index (χ0v) is 20.5. The summed E-state index contributed by atoms with van der Waals surface area (Å²) in [7, 11) is 0. The molecule has 5 nitrogen and oxygen atoms in total. The maximum absolute atomic E-state index is 14.4. The maximum Gasteiger partial charge on any atom is 0.259 e. The largest absolute Gasteiger partial charge is 0.633 e. The Balaban J connectivity index is 1.77. The van der Waals surface area contributed by atoms with Gasteiger partial charge in [0.15, 0.2) is 0 Å². The van der Waals surface area contributed by atoms with Crippen molar-refractivity contribution >= 4 is 22.5 Å². The highest BCUT2D eigenvalue weighted by Gasteiger charge is 2.32. The number of pyridine rings is 1. The molecule has 2 heterocycles. The number of hydrogen-bond acceptors (Lipinski definition) is 3. The SMILES string of the molecule is CCCN(C(=O)c1c(C[N+]2([O-])CCCC2)c(-c2ccccc2)nc2ccccc12)c1cccc(F)c1. The highest BCUT2D eigenvalue weighted by atomic mass is 19.1. The number of halogens is 1. The van der Waals surface area contributed by atoms with Crippen LogP contribution in [0, 0.1) is 11.0 Å². The monoisotopic (exact) mass is 483 g/mol. The van der Waals surface area contributed by atoms with Crippen molar-refractivity contribution in [2.24, 2.45) is 0 Å². The van der Waals surface area contributed by atoms with Crippen LogP contribution in [0.4, 0.5) is 10.1 Å². The second-order valence-corrected chi connectivity index (χ2v) is 9.50. The molecule has 0 N–H and O–H groups in total. The first kappa shape index (κ1) is 24.1. The Morgan fingerprint density at radius 3 is 2.44 bits per heavy atom. The molecule has 1 aliphatic heterocycles. The van der Waals surface area contributed by atoms with E-state index in [1.54, 1.807) is 17.0 Å². The van der Waals surface area contributed by atoms with E-state index >= 15 is 0 Å². The highest BCUT2D eigenvalue weighted by molar-refractivity contribution is 6.15. The fourth-order valence-electron chi connectivity index (χ4n) is 5.19. The number of aromatic nitrogens is 1. The van der Waals surface area contributed by atoms with Crippen LogP contribution in [0.25, 0.3) is 22.2 Å². The summed E-state index contributed by atoms with van der Waals surface area (Å²) in [5, 5.41) is 14.4. The zero-order chi connectivity index (χ0) is 25.1. The van der Waals surface area contributed by atoms with Gasteiger partial charge in [-0.2, -0.15) is 0 Å². The van der Waals surface area contributed by atoms with E-state index in [2.05, 4.69) is 0 Å². The summed E-state index contributed by atoms with van der Waals surface area (Å²) in [6, 6.07) is 23.4. The lowest BCUT2D eigenvalue weighted by Gasteiger charge is -2.39. The lowest BCUT2D eigenvalue weighted by Crippen LogP contribution is -2.40. The number of para-hydroxylation sites is 1. The summed E-state index contributed by atoms with van der Waals surface area (Å²) in [6.45, 7) is 3.64. The average molecular weight is 484 g/mol. The number of benzene rings is 3. The lowest BCUT2D eigenvalue weighted by molar-refractivity contribution is -0.881. The Hall–Kier alpha value is -3.61. The van der Waals surface area contributed by atoms with E-state index in [9.17, 15) is 14.4 Å². The van der Waals surface area contributed by atoms with E-state index in [1.165, 1.54) is 12.1 Å². The quantitative estimate of drug-likeness (QED) is 0.217. The zero-order valence-electron chi connectivity index (χ0n) is 20.5. The van der Waals surface area contributed by atoms with Crippen LogP contribution in [-0.4, -0.2) is 35.2 Å². The van der Waals surface area contributed by atoms with Crippen LogP contribution in [0.15, 0.2) is 78.9 Å². The van der Waals surface area contributed by atoms with Crippen molar-refractivity contribution in [3.63, 3.8) is 0 Å². The fourth-order valence-corrected chi connectivity index (χ4v) is 5.19. The molecule has 5 rings (SSSR count). The van der Waals surface area contributed by atoms with Crippen LogP contribution >= 0.6 is 0 Å². The first-order chi connectivity index (χ1) is 17.5. The number of rotatable bonds is 7. The minimum Gasteiger partial charge on any atom is -0.633 e. The van der Waals surface area contributed by atoms with E-state index in [1.807, 2.05) is 61.5 Å². The number of fused-ring (bicyclic) bond motifs is 1. The molecular weight excluding hydrogens is 453 g/mol. The molecular formula is C30H30FN3O2. The molecule has 0 aliphatic carbocycles. The Bertz CT molecular complexity index is 1380. The number of hydrogen-bond donors (Lipinski definition) is 0. The predicted octanol–water partition coefficient (Wildman–Crippen LogP) is 6.71. The molecule has 0 spiro atoms. The molecule has 3 aromatic carbocycles. The van der Waals surface area contributed by atoms with Crippen LogP contribution in [-0.2, 0) is 6.54 Å². The predicted molar refractivity (Wildman–Crippen MR) is 142 cm³/mol. The van der Waals surface area contributed by atoms with Crippen LogP contribution in [0.2, 0.25) is 0 Å². The van der Waals surface area contributed by atoms with Gasteiger partial charge < -0.3 is 14.8 Å². The molecule has 0 atom stereocenters. The first-order valence-electron chi connectivity index (χ1n) is 12.6. The first-order valence-corrected chi connectivity index (χ1v) is 12.6. The molecule has 1 aliphatic rings. The van der Waals surface area contributed by atoms with Gasteiger partial charge in [0, 0.05) is 41.6 Å². The van der Waals surface area contributed by atoms with Gasteiger partial charge in [-0.3, -0.25) is 4.79 Å². The molecule has 0 bridgehead atoms. The van der Waals surface area contributed by atoms with E-state index < -0.39 is 5.82 Å². The number of quaternary nitrogens is 1. The van der Waals surface area contributed by atoms with Gasteiger partial charge in [0.05, 0.1) is 29.9 Å². The Labute approximate surface area is 211 Å². The molecule has 0 saturated carbocycles.